The van der Waals surface area contributed by atoms with Gasteiger partial charge in [-0.25, -0.2) is 9.55 Å². The molecule has 2 heterocycles. The molecular weight excluding hydrogens is 479 g/mol. The van der Waals surface area contributed by atoms with Gasteiger partial charge in [-0.2, -0.15) is 13.2 Å². The van der Waals surface area contributed by atoms with Crippen LogP contribution in [0.2, 0.25) is 0 Å². The van der Waals surface area contributed by atoms with E-state index >= 15 is 0 Å². The van der Waals surface area contributed by atoms with Crippen LogP contribution in [0.5, 0.6) is 5.75 Å². The Bertz CT molecular complexity index is 1150. The number of hydrogen-bond acceptors (Lipinski definition) is 5. The molecule has 0 spiro atoms. The van der Waals surface area contributed by atoms with Crippen LogP contribution in [0.15, 0.2) is 30.5 Å². The highest BCUT2D eigenvalue weighted by molar-refractivity contribution is 7.98. The molecule has 0 saturated heterocycles. The van der Waals surface area contributed by atoms with Gasteiger partial charge >= 0.3 is 18.1 Å². The molecule has 180 valence electrons. The highest BCUT2D eigenvalue weighted by Gasteiger charge is 2.32. The van der Waals surface area contributed by atoms with Crippen LogP contribution in [0, 0.1) is 6.92 Å². The molecule has 2 aromatic heterocycles. The first kappa shape index (κ1) is 26.8. The van der Waals surface area contributed by atoms with E-state index in [9.17, 15) is 18.0 Å². The molecule has 3 rings (SSSR count). The molecule has 6 nitrogen and oxygen atoms in total. The van der Waals surface area contributed by atoms with Crippen LogP contribution in [0.4, 0.5) is 13.2 Å². The molecule has 3 aromatic rings. The summed E-state index contributed by atoms with van der Waals surface area (Å²) in [6, 6.07) is 5.20. The Morgan fingerprint density at radius 3 is 2.55 bits per heavy atom. The van der Waals surface area contributed by atoms with Crippen molar-refractivity contribution in [3.8, 4) is 11.7 Å². The number of thioether (sulfide) groups is 1. The number of pyridine rings is 1. The van der Waals surface area contributed by atoms with E-state index in [1.807, 2.05) is 20.8 Å². The van der Waals surface area contributed by atoms with Crippen molar-refractivity contribution in [2.75, 3.05) is 12.9 Å². The normalized spacial score (nSPS) is 11.9. The molecule has 0 unspecified atom stereocenters. The maximum atomic E-state index is 13.1. The maximum Gasteiger partial charge on any atom is 0.416 e. The number of carbonyl (C=O) groups excluding carboxylic acids is 1. The molecule has 0 fully saturated rings. The van der Waals surface area contributed by atoms with Gasteiger partial charge in [-0.05, 0) is 39.0 Å². The summed E-state index contributed by atoms with van der Waals surface area (Å²) in [5, 5.41) is 0. The Hall–Kier alpha value is -2.46. The molecule has 1 aromatic carbocycles. The summed E-state index contributed by atoms with van der Waals surface area (Å²) in [5.74, 6) is 1.84. The van der Waals surface area contributed by atoms with Gasteiger partial charge in [-0.15, -0.1) is 11.8 Å². The van der Waals surface area contributed by atoms with Crippen molar-refractivity contribution in [2.24, 2.45) is 0 Å². The molecule has 0 radical (unpaired) electrons. The monoisotopic (exact) mass is 503 g/mol. The summed E-state index contributed by atoms with van der Waals surface area (Å²) in [7, 11) is 1.58. The summed E-state index contributed by atoms with van der Waals surface area (Å²) in [5.41, 5.74) is 1.10. The summed E-state index contributed by atoms with van der Waals surface area (Å²) < 4.78 is 51.8. The predicted molar refractivity (Wildman–Crippen MR) is 116 cm³/mol. The number of carbonyl (C=O) groups is 1. The second-order valence-electron chi connectivity index (χ2n) is 7.96. The van der Waals surface area contributed by atoms with Gasteiger partial charge in [0.1, 0.15) is 22.6 Å². The minimum atomic E-state index is -4.43. The Morgan fingerprint density at radius 1 is 1.24 bits per heavy atom. The molecule has 1 N–H and O–H groups in total. The number of methoxy groups -OCH3 is 1. The second kappa shape index (κ2) is 10.2. The number of ether oxygens (including phenoxy) is 2. The van der Waals surface area contributed by atoms with E-state index in [1.54, 1.807) is 35.7 Å². The Balaban J connectivity index is 0.00000385. The molecule has 0 aliphatic rings. The summed E-state index contributed by atoms with van der Waals surface area (Å²) in [6.07, 6.45) is -2.67. The summed E-state index contributed by atoms with van der Waals surface area (Å²) in [6.45, 7) is 6.96. The summed E-state index contributed by atoms with van der Waals surface area (Å²) >= 11 is 1.57. The first-order valence-electron chi connectivity index (χ1n) is 9.84. The molecule has 0 saturated carbocycles. The fourth-order valence-corrected chi connectivity index (χ4v) is 4.58. The largest absolute Gasteiger partial charge is 1.00 e. The van der Waals surface area contributed by atoms with Gasteiger partial charge in [0.15, 0.2) is 5.52 Å². The zero-order valence-electron chi connectivity index (χ0n) is 18.8. The molecule has 0 bridgehead atoms. The summed E-state index contributed by atoms with van der Waals surface area (Å²) in [4.78, 5) is 18.8. The van der Waals surface area contributed by atoms with E-state index in [4.69, 9.17) is 9.47 Å². The highest BCUT2D eigenvalue weighted by atomic mass is 35.5. The van der Waals surface area contributed by atoms with Crippen molar-refractivity contribution in [1.82, 2.24) is 9.97 Å². The fourth-order valence-electron chi connectivity index (χ4n) is 3.38. The Labute approximate surface area is 200 Å². The van der Waals surface area contributed by atoms with Crippen molar-refractivity contribution < 1.29 is 44.4 Å². The topological polar surface area (TPSA) is 68.1 Å². The van der Waals surface area contributed by atoms with Crippen LogP contribution >= 0.6 is 11.8 Å². The van der Waals surface area contributed by atoms with E-state index in [0.717, 1.165) is 23.4 Å². The number of nitrogens with zero attached hydrogens (tertiary/aromatic N) is 2. The quantitative estimate of drug-likeness (QED) is 0.393. The smallest absolute Gasteiger partial charge is 0.416 e. The Kier molecular flexibility index (Phi) is 8.29. The molecule has 11 heteroatoms. The van der Waals surface area contributed by atoms with E-state index < -0.39 is 17.3 Å². The Morgan fingerprint density at radius 2 is 1.94 bits per heavy atom. The van der Waals surface area contributed by atoms with Gasteiger partial charge in [0.25, 0.3) is 0 Å². The lowest BCUT2D eigenvalue weighted by atomic mass is 10.2. The second-order valence-corrected chi connectivity index (χ2v) is 8.95. The van der Waals surface area contributed by atoms with Crippen molar-refractivity contribution in [3.63, 3.8) is 0 Å². The van der Waals surface area contributed by atoms with Gasteiger partial charge in [0.05, 0.1) is 18.9 Å². The number of H-pyrrole nitrogens is 1. The average molecular weight is 504 g/mol. The van der Waals surface area contributed by atoms with Crippen LogP contribution in [0.3, 0.4) is 0 Å². The van der Waals surface area contributed by atoms with E-state index in [0.29, 0.717) is 34.2 Å². The SMILES string of the molecule is COc1cc[n+](-c2nc3ccc(C(F)(F)F)cc3[nH]2)c(CSCC(C)(C)OC(C)=O)c1C.[Cl-]. The zero-order valence-corrected chi connectivity index (χ0v) is 20.4. The number of esters is 1. The van der Waals surface area contributed by atoms with Crippen molar-refractivity contribution >= 4 is 28.8 Å². The third kappa shape index (κ3) is 6.32. The molecule has 0 amide bonds. The van der Waals surface area contributed by atoms with E-state index in [-0.39, 0.29) is 18.4 Å². The fraction of sp³-hybridized carbons (Fsp3) is 0.409. The molecule has 0 aliphatic carbocycles. The van der Waals surface area contributed by atoms with Gasteiger partial charge in [-0.3, -0.25) is 4.79 Å². The average Bonchev–Trinajstić information content (AvgIpc) is 3.10. The van der Waals surface area contributed by atoms with E-state index in [1.165, 1.54) is 13.0 Å². The lowest BCUT2D eigenvalue weighted by Crippen LogP contribution is -3.00. The van der Waals surface area contributed by atoms with Crippen molar-refractivity contribution in [2.45, 2.75) is 45.2 Å². The number of imidazole rings is 1. The highest BCUT2D eigenvalue weighted by Crippen LogP contribution is 2.31. The number of aromatic nitrogens is 3. The van der Waals surface area contributed by atoms with Crippen molar-refractivity contribution in [3.05, 3.63) is 47.3 Å². The first-order valence-corrected chi connectivity index (χ1v) is 11.0. The number of alkyl halides is 3. The number of nitrogens with one attached hydrogen (secondary N) is 1. The van der Waals surface area contributed by atoms with Crippen molar-refractivity contribution in [1.29, 1.82) is 0 Å². The van der Waals surface area contributed by atoms with Crippen LogP contribution in [0.1, 0.15) is 37.6 Å². The molecular formula is C22H25ClF3N3O3S. The maximum absolute atomic E-state index is 13.1. The number of rotatable bonds is 7. The predicted octanol–water partition coefficient (Wildman–Crippen LogP) is 1.75. The van der Waals surface area contributed by atoms with Crippen LogP contribution in [-0.4, -0.2) is 34.4 Å². The van der Waals surface area contributed by atoms with Gasteiger partial charge < -0.3 is 21.9 Å². The number of aromatic amines is 1. The number of benzene rings is 1. The lowest BCUT2D eigenvalue weighted by molar-refractivity contribution is -0.610. The van der Waals surface area contributed by atoms with Crippen LogP contribution in [-0.2, 0) is 21.5 Å². The van der Waals surface area contributed by atoms with Gasteiger partial charge in [-0.1, -0.05) is 4.98 Å². The minimum Gasteiger partial charge on any atom is -1.00 e. The zero-order chi connectivity index (χ0) is 23.7. The molecule has 0 atom stereocenters. The molecule has 33 heavy (non-hydrogen) atoms. The third-order valence-electron chi connectivity index (χ3n) is 4.82. The van der Waals surface area contributed by atoms with Crippen LogP contribution < -0.4 is 21.7 Å². The standard InChI is InChI=1S/C22H25F3N3O3S.ClH/c1-13-18(11-32-12-21(3,4)31-14(2)29)28(9-8-19(13)30-5)20-26-16-7-6-15(22(23,24)25)10-17(16)27-20;/h6-10H,11-12H2,1-5H3,(H,26,27);1H/q+1;/p-1. The number of halogens is 4. The first-order chi connectivity index (χ1) is 14.9. The van der Waals surface area contributed by atoms with Crippen LogP contribution in [0.25, 0.3) is 17.0 Å². The molecule has 0 aliphatic heterocycles. The van der Waals surface area contributed by atoms with Gasteiger partial charge in [0, 0.05) is 30.1 Å². The van der Waals surface area contributed by atoms with E-state index in [2.05, 4.69) is 9.97 Å². The lowest BCUT2D eigenvalue weighted by Gasteiger charge is -2.24. The third-order valence-corrected chi connectivity index (χ3v) is 6.20. The number of hydrogen-bond donors (Lipinski definition) is 1. The number of fused-ring (bicyclic) bond motifs is 1. The van der Waals surface area contributed by atoms with Gasteiger partial charge in [0.2, 0.25) is 0 Å². The minimum absolute atomic E-state index is 0.